The number of hydrogen-bond donors (Lipinski definition) is 1. The number of rotatable bonds is 5. The van der Waals surface area contributed by atoms with Gasteiger partial charge in [0.05, 0.1) is 24.2 Å². The highest BCUT2D eigenvalue weighted by molar-refractivity contribution is 7.91. The largest absolute Gasteiger partial charge is 0.496 e. The smallest absolute Gasteiger partial charge is 0.159 e. The summed E-state index contributed by atoms with van der Waals surface area (Å²) in [6, 6.07) is 5.34. The van der Waals surface area contributed by atoms with Crippen LogP contribution in [0.2, 0.25) is 0 Å². The Morgan fingerprint density at radius 2 is 2.20 bits per heavy atom. The van der Waals surface area contributed by atoms with E-state index in [9.17, 15) is 8.42 Å². The number of ether oxygens (including phenoxy) is 2. The third-order valence-electron chi connectivity index (χ3n) is 3.70. The van der Waals surface area contributed by atoms with E-state index < -0.39 is 15.1 Å². The summed E-state index contributed by atoms with van der Waals surface area (Å²) < 4.78 is 35.4. The summed E-state index contributed by atoms with van der Waals surface area (Å²) in [5, 5.41) is -0.411. The van der Waals surface area contributed by atoms with Crippen LogP contribution in [0.4, 0.5) is 0 Å². The average molecular weight is 299 g/mol. The van der Waals surface area contributed by atoms with Gasteiger partial charge in [0.15, 0.2) is 9.84 Å². The van der Waals surface area contributed by atoms with Crippen LogP contribution in [0.5, 0.6) is 5.75 Å². The zero-order valence-corrected chi connectivity index (χ0v) is 12.7. The number of nitrogens with two attached hydrogens (primary N) is 1. The van der Waals surface area contributed by atoms with Crippen LogP contribution in [0, 0.1) is 0 Å². The molecule has 1 aromatic rings. The molecule has 2 atom stereocenters. The molecule has 0 aliphatic carbocycles. The van der Waals surface area contributed by atoms with E-state index in [1.54, 1.807) is 25.3 Å². The molecule has 1 heterocycles. The van der Waals surface area contributed by atoms with Crippen molar-refractivity contribution in [2.45, 2.75) is 37.0 Å². The van der Waals surface area contributed by atoms with Crippen molar-refractivity contribution in [1.82, 2.24) is 0 Å². The molecule has 0 radical (unpaired) electrons. The van der Waals surface area contributed by atoms with Crippen molar-refractivity contribution >= 4 is 9.84 Å². The topological polar surface area (TPSA) is 78.6 Å². The molecule has 1 aliphatic heterocycles. The molecule has 5 nitrogen and oxygen atoms in total. The standard InChI is InChI=1S/C14H21NO4S/c1-10-14(5-6-19-10)20(16,17)9-11-3-4-13(18-2)12(7-11)8-15/h3-4,7,10,14H,5-6,8-9,15H2,1-2H3. The minimum absolute atomic E-state index is 0.0162. The highest BCUT2D eigenvalue weighted by Crippen LogP contribution is 2.26. The molecule has 1 fully saturated rings. The maximum atomic E-state index is 12.4. The summed E-state index contributed by atoms with van der Waals surface area (Å²) in [5.41, 5.74) is 7.21. The molecular weight excluding hydrogens is 278 g/mol. The van der Waals surface area contributed by atoms with Gasteiger partial charge in [0, 0.05) is 18.7 Å². The Morgan fingerprint density at radius 3 is 2.75 bits per heavy atom. The SMILES string of the molecule is COc1ccc(CS(=O)(=O)C2CCOC2C)cc1CN. The maximum absolute atomic E-state index is 12.4. The van der Waals surface area contributed by atoms with E-state index in [0.717, 1.165) is 11.1 Å². The summed E-state index contributed by atoms with van der Waals surface area (Å²) in [6.07, 6.45) is 0.343. The third kappa shape index (κ3) is 3.13. The van der Waals surface area contributed by atoms with Crippen LogP contribution in [0.3, 0.4) is 0 Å². The minimum atomic E-state index is -3.21. The van der Waals surface area contributed by atoms with Gasteiger partial charge < -0.3 is 15.2 Å². The Morgan fingerprint density at radius 1 is 1.45 bits per heavy atom. The van der Waals surface area contributed by atoms with Gasteiger partial charge in [0.2, 0.25) is 0 Å². The lowest BCUT2D eigenvalue weighted by molar-refractivity contribution is 0.126. The van der Waals surface area contributed by atoms with E-state index in [-0.39, 0.29) is 11.9 Å². The van der Waals surface area contributed by atoms with E-state index >= 15 is 0 Å². The van der Waals surface area contributed by atoms with E-state index in [0.29, 0.717) is 25.3 Å². The summed E-state index contributed by atoms with van der Waals surface area (Å²) in [5.74, 6) is 0.703. The van der Waals surface area contributed by atoms with Gasteiger partial charge in [-0.3, -0.25) is 0 Å². The van der Waals surface area contributed by atoms with Crippen LogP contribution in [0.15, 0.2) is 18.2 Å². The Hall–Kier alpha value is -1.11. The van der Waals surface area contributed by atoms with E-state index in [4.69, 9.17) is 15.2 Å². The second-order valence-electron chi connectivity index (χ2n) is 5.06. The fourth-order valence-electron chi connectivity index (χ4n) is 2.60. The molecule has 2 rings (SSSR count). The Balaban J connectivity index is 2.21. The molecule has 1 saturated heterocycles. The van der Waals surface area contributed by atoms with Crippen molar-refractivity contribution in [3.05, 3.63) is 29.3 Å². The van der Waals surface area contributed by atoms with E-state index in [2.05, 4.69) is 0 Å². The second kappa shape index (κ2) is 6.11. The van der Waals surface area contributed by atoms with Crippen LogP contribution < -0.4 is 10.5 Å². The first-order chi connectivity index (χ1) is 9.47. The van der Waals surface area contributed by atoms with Crippen molar-refractivity contribution in [2.24, 2.45) is 5.73 Å². The summed E-state index contributed by atoms with van der Waals surface area (Å²) in [4.78, 5) is 0. The lowest BCUT2D eigenvalue weighted by Crippen LogP contribution is -2.29. The lowest BCUT2D eigenvalue weighted by atomic mass is 10.1. The summed E-state index contributed by atoms with van der Waals surface area (Å²) in [6.45, 7) is 2.65. The molecule has 20 heavy (non-hydrogen) atoms. The van der Waals surface area contributed by atoms with Crippen molar-refractivity contribution in [3.63, 3.8) is 0 Å². The lowest BCUT2D eigenvalue weighted by Gasteiger charge is -2.16. The van der Waals surface area contributed by atoms with Crippen LogP contribution in [0.1, 0.15) is 24.5 Å². The highest BCUT2D eigenvalue weighted by atomic mass is 32.2. The first kappa shape index (κ1) is 15.3. The van der Waals surface area contributed by atoms with Gasteiger partial charge in [-0.2, -0.15) is 0 Å². The number of sulfone groups is 1. The van der Waals surface area contributed by atoms with Gasteiger partial charge in [-0.15, -0.1) is 0 Å². The molecule has 1 aromatic carbocycles. The molecule has 1 aliphatic rings. The molecule has 0 bridgehead atoms. The molecule has 0 saturated carbocycles. The molecule has 112 valence electrons. The van der Waals surface area contributed by atoms with Gasteiger partial charge in [-0.05, 0) is 31.0 Å². The second-order valence-corrected chi connectivity index (χ2v) is 7.28. The Kier molecular flexibility index (Phi) is 4.67. The van der Waals surface area contributed by atoms with Crippen LogP contribution in [-0.4, -0.2) is 33.5 Å². The molecule has 2 unspecified atom stereocenters. The normalized spacial score (nSPS) is 22.9. The van der Waals surface area contributed by atoms with E-state index in [1.165, 1.54) is 0 Å². The predicted octanol–water partition coefficient (Wildman–Crippen LogP) is 1.25. The van der Waals surface area contributed by atoms with Crippen molar-refractivity contribution < 1.29 is 17.9 Å². The van der Waals surface area contributed by atoms with Gasteiger partial charge in [0.1, 0.15) is 5.75 Å². The van der Waals surface area contributed by atoms with Crippen molar-refractivity contribution in [3.8, 4) is 5.75 Å². The number of hydrogen-bond acceptors (Lipinski definition) is 5. The average Bonchev–Trinajstić information content (AvgIpc) is 2.85. The van der Waals surface area contributed by atoms with Gasteiger partial charge >= 0.3 is 0 Å². The van der Waals surface area contributed by atoms with E-state index in [1.807, 2.05) is 6.92 Å². The third-order valence-corrected chi connectivity index (χ3v) is 5.98. The predicted molar refractivity (Wildman–Crippen MR) is 77.3 cm³/mol. The summed E-state index contributed by atoms with van der Waals surface area (Å²) >= 11 is 0. The minimum Gasteiger partial charge on any atom is -0.496 e. The first-order valence-corrected chi connectivity index (χ1v) is 8.38. The zero-order chi connectivity index (χ0) is 14.8. The van der Waals surface area contributed by atoms with Crippen LogP contribution >= 0.6 is 0 Å². The molecule has 6 heteroatoms. The highest BCUT2D eigenvalue weighted by Gasteiger charge is 2.35. The Labute approximate surface area is 120 Å². The fraction of sp³-hybridized carbons (Fsp3) is 0.571. The van der Waals surface area contributed by atoms with Gasteiger partial charge in [-0.1, -0.05) is 6.07 Å². The molecule has 0 amide bonds. The van der Waals surface area contributed by atoms with Gasteiger partial charge in [-0.25, -0.2) is 8.42 Å². The monoisotopic (exact) mass is 299 g/mol. The molecule has 2 N–H and O–H groups in total. The van der Waals surface area contributed by atoms with Crippen LogP contribution in [-0.2, 0) is 26.9 Å². The molecule has 0 spiro atoms. The number of methoxy groups -OCH3 is 1. The first-order valence-electron chi connectivity index (χ1n) is 6.67. The zero-order valence-electron chi connectivity index (χ0n) is 11.8. The fourth-order valence-corrected chi connectivity index (χ4v) is 4.58. The molecular formula is C14H21NO4S. The Bertz CT molecular complexity index is 571. The maximum Gasteiger partial charge on any atom is 0.159 e. The van der Waals surface area contributed by atoms with Crippen molar-refractivity contribution in [1.29, 1.82) is 0 Å². The van der Waals surface area contributed by atoms with Crippen molar-refractivity contribution in [2.75, 3.05) is 13.7 Å². The van der Waals surface area contributed by atoms with Crippen LogP contribution in [0.25, 0.3) is 0 Å². The molecule has 0 aromatic heterocycles. The quantitative estimate of drug-likeness (QED) is 0.885. The van der Waals surface area contributed by atoms with Gasteiger partial charge in [0.25, 0.3) is 0 Å². The number of benzene rings is 1. The summed E-state index contributed by atoms with van der Waals surface area (Å²) in [7, 11) is -1.64.